The van der Waals surface area contributed by atoms with E-state index < -0.39 is 5.97 Å². The van der Waals surface area contributed by atoms with Crippen LogP contribution in [0, 0.1) is 0 Å². The van der Waals surface area contributed by atoms with E-state index in [1.165, 1.54) is 14.2 Å². The van der Waals surface area contributed by atoms with Crippen molar-refractivity contribution in [3.63, 3.8) is 0 Å². The van der Waals surface area contributed by atoms with E-state index in [1.54, 1.807) is 18.3 Å². The highest BCUT2D eigenvalue weighted by Crippen LogP contribution is 2.31. The van der Waals surface area contributed by atoms with Gasteiger partial charge in [-0.05, 0) is 6.07 Å². The molecule has 0 saturated heterocycles. The third-order valence-corrected chi connectivity index (χ3v) is 3.62. The monoisotopic (exact) mass is 284 g/mol. The SMILES string of the molecule is COC(=O)c1sc(-c2ccc(OC)nc2)nc1Cl. The number of nitrogens with zero attached hydrogens (tertiary/aromatic N) is 2. The maximum absolute atomic E-state index is 11.4. The average molecular weight is 285 g/mol. The molecule has 0 spiro atoms. The van der Waals surface area contributed by atoms with E-state index >= 15 is 0 Å². The lowest BCUT2D eigenvalue weighted by Gasteiger charge is -1.98. The molecule has 94 valence electrons. The summed E-state index contributed by atoms with van der Waals surface area (Å²) in [6.45, 7) is 0. The van der Waals surface area contributed by atoms with Crippen LogP contribution in [0.15, 0.2) is 18.3 Å². The molecular weight excluding hydrogens is 276 g/mol. The van der Waals surface area contributed by atoms with Gasteiger partial charge < -0.3 is 9.47 Å². The summed E-state index contributed by atoms with van der Waals surface area (Å²) in [4.78, 5) is 19.9. The minimum atomic E-state index is -0.495. The van der Waals surface area contributed by atoms with Gasteiger partial charge in [0, 0.05) is 17.8 Å². The molecule has 0 saturated carbocycles. The number of esters is 1. The first-order chi connectivity index (χ1) is 8.65. The Morgan fingerprint density at radius 3 is 2.72 bits per heavy atom. The zero-order valence-corrected chi connectivity index (χ0v) is 11.2. The summed E-state index contributed by atoms with van der Waals surface area (Å²) in [5.41, 5.74) is 0.762. The fourth-order valence-corrected chi connectivity index (χ4v) is 2.46. The van der Waals surface area contributed by atoms with Crippen molar-refractivity contribution in [2.45, 2.75) is 0 Å². The minimum absolute atomic E-state index is 0.137. The van der Waals surface area contributed by atoms with Gasteiger partial charge in [0.15, 0.2) is 10.0 Å². The second-order valence-corrected chi connectivity index (χ2v) is 4.58. The highest BCUT2D eigenvalue weighted by atomic mass is 35.5. The molecule has 2 aromatic heterocycles. The molecule has 0 N–H and O–H groups in total. The molecule has 0 atom stereocenters. The smallest absolute Gasteiger partial charge is 0.351 e. The molecule has 2 rings (SSSR count). The van der Waals surface area contributed by atoms with Crippen molar-refractivity contribution < 1.29 is 14.3 Å². The molecule has 2 aromatic rings. The lowest BCUT2D eigenvalue weighted by Crippen LogP contribution is -1.98. The number of thiazole rings is 1. The molecular formula is C11H9ClN2O3S. The fraction of sp³-hybridized carbons (Fsp3) is 0.182. The summed E-state index contributed by atoms with van der Waals surface area (Å²) in [7, 11) is 2.84. The molecule has 0 unspecified atom stereocenters. The molecule has 5 nitrogen and oxygen atoms in total. The Labute approximate surface area is 112 Å². The number of carbonyl (C=O) groups is 1. The van der Waals surface area contributed by atoms with Gasteiger partial charge >= 0.3 is 5.97 Å². The number of methoxy groups -OCH3 is 2. The number of aromatic nitrogens is 2. The molecule has 0 aliphatic carbocycles. The van der Waals surface area contributed by atoms with Crippen molar-refractivity contribution in [1.29, 1.82) is 0 Å². The first-order valence-corrected chi connectivity index (χ1v) is 6.10. The Balaban J connectivity index is 2.36. The summed E-state index contributed by atoms with van der Waals surface area (Å²) in [5, 5.41) is 0.744. The van der Waals surface area contributed by atoms with Gasteiger partial charge in [-0.1, -0.05) is 11.6 Å². The predicted molar refractivity (Wildman–Crippen MR) is 68.2 cm³/mol. The first kappa shape index (κ1) is 12.8. The second kappa shape index (κ2) is 5.32. The Morgan fingerprint density at radius 2 is 2.17 bits per heavy atom. The van der Waals surface area contributed by atoms with E-state index in [9.17, 15) is 4.79 Å². The standard InChI is InChI=1S/C11H9ClN2O3S/c1-16-7-4-3-6(5-13-7)10-14-9(12)8(18-10)11(15)17-2/h3-5H,1-2H3. The van der Waals surface area contributed by atoms with Crippen LogP contribution >= 0.6 is 22.9 Å². The van der Waals surface area contributed by atoms with Crippen LogP contribution in [0.3, 0.4) is 0 Å². The van der Waals surface area contributed by atoms with Crippen molar-refractivity contribution >= 4 is 28.9 Å². The molecule has 0 radical (unpaired) electrons. The molecule has 0 aromatic carbocycles. The van der Waals surface area contributed by atoms with Crippen molar-refractivity contribution in [3.05, 3.63) is 28.4 Å². The number of hydrogen-bond acceptors (Lipinski definition) is 6. The third-order valence-electron chi connectivity index (χ3n) is 2.15. The minimum Gasteiger partial charge on any atom is -0.481 e. The quantitative estimate of drug-likeness (QED) is 0.811. The van der Waals surface area contributed by atoms with Gasteiger partial charge in [0.25, 0.3) is 0 Å². The second-order valence-electron chi connectivity index (χ2n) is 3.22. The van der Waals surface area contributed by atoms with Crippen LogP contribution in [-0.4, -0.2) is 30.2 Å². The van der Waals surface area contributed by atoms with E-state index in [-0.39, 0.29) is 10.0 Å². The van der Waals surface area contributed by atoms with Gasteiger partial charge in [0.05, 0.1) is 14.2 Å². The highest BCUT2D eigenvalue weighted by molar-refractivity contribution is 7.17. The van der Waals surface area contributed by atoms with Crippen molar-refractivity contribution in [1.82, 2.24) is 9.97 Å². The van der Waals surface area contributed by atoms with Gasteiger partial charge in [-0.25, -0.2) is 14.8 Å². The molecule has 0 aliphatic rings. The molecule has 0 fully saturated rings. The first-order valence-electron chi connectivity index (χ1n) is 4.90. The normalized spacial score (nSPS) is 10.2. The highest BCUT2D eigenvalue weighted by Gasteiger charge is 2.18. The number of halogens is 1. The van der Waals surface area contributed by atoms with E-state index in [4.69, 9.17) is 16.3 Å². The fourth-order valence-electron chi connectivity index (χ4n) is 1.27. The van der Waals surface area contributed by atoms with E-state index in [2.05, 4.69) is 14.7 Å². The lowest BCUT2D eigenvalue weighted by atomic mass is 10.3. The Bertz CT molecular complexity index is 568. The maximum atomic E-state index is 11.4. The van der Waals surface area contributed by atoms with Gasteiger partial charge in [0.2, 0.25) is 5.88 Å². The largest absolute Gasteiger partial charge is 0.481 e. The molecule has 18 heavy (non-hydrogen) atoms. The number of pyridine rings is 1. The van der Waals surface area contributed by atoms with Crippen LogP contribution in [0.2, 0.25) is 5.15 Å². The van der Waals surface area contributed by atoms with Crippen molar-refractivity contribution in [2.24, 2.45) is 0 Å². The van der Waals surface area contributed by atoms with Crippen LogP contribution in [0.5, 0.6) is 5.88 Å². The van der Waals surface area contributed by atoms with Crippen LogP contribution in [0.25, 0.3) is 10.6 Å². The molecule has 7 heteroatoms. The van der Waals surface area contributed by atoms with Gasteiger partial charge in [-0.15, -0.1) is 11.3 Å². The molecule has 0 amide bonds. The summed E-state index contributed by atoms with van der Waals surface area (Å²) in [6, 6.07) is 3.50. The van der Waals surface area contributed by atoms with E-state index in [0.29, 0.717) is 10.9 Å². The number of rotatable bonds is 3. The van der Waals surface area contributed by atoms with Crippen LogP contribution in [-0.2, 0) is 4.74 Å². The van der Waals surface area contributed by atoms with Gasteiger partial charge in [0.1, 0.15) is 5.01 Å². The van der Waals surface area contributed by atoms with Crippen LogP contribution in [0.4, 0.5) is 0 Å². The summed E-state index contributed by atoms with van der Waals surface area (Å²) >= 11 is 7.04. The number of hydrogen-bond donors (Lipinski definition) is 0. The lowest BCUT2D eigenvalue weighted by molar-refractivity contribution is 0.0606. The third kappa shape index (κ3) is 2.44. The maximum Gasteiger partial charge on any atom is 0.351 e. The number of ether oxygens (including phenoxy) is 2. The van der Waals surface area contributed by atoms with Gasteiger partial charge in [-0.3, -0.25) is 0 Å². The topological polar surface area (TPSA) is 61.3 Å². The van der Waals surface area contributed by atoms with Crippen molar-refractivity contribution in [3.8, 4) is 16.5 Å². The zero-order chi connectivity index (χ0) is 13.1. The Kier molecular flexibility index (Phi) is 3.78. The number of carbonyl (C=O) groups excluding carboxylic acids is 1. The Morgan fingerprint density at radius 1 is 1.39 bits per heavy atom. The summed E-state index contributed by atoms with van der Waals surface area (Å²) in [5.74, 6) is 0.0137. The Hall–Kier alpha value is -1.66. The summed E-state index contributed by atoms with van der Waals surface area (Å²) in [6.07, 6.45) is 1.61. The van der Waals surface area contributed by atoms with E-state index in [0.717, 1.165) is 16.9 Å². The zero-order valence-electron chi connectivity index (χ0n) is 9.64. The van der Waals surface area contributed by atoms with Crippen LogP contribution < -0.4 is 4.74 Å². The average Bonchev–Trinajstić information content (AvgIpc) is 2.80. The van der Waals surface area contributed by atoms with Crippen molar-refractivity contribution in [2.75, 3.05) is 14.2 Å². The van der Waals surface area contributed by atoms with Gasteiger partial charge in [-0.2, -0.15) is 0 Å². The van der Waals surface area contributed by atoms with E-state index in [1.807, 2.05) is 0 Å². The predicted octanol–water partition coefficient (Wildman–Crippen LogP) is 2.65. The molecule has 0 aliphatic heterocycles. The van der Waals surface area contributed by atoms with Crippen LogP contribution in [0.1, 0.15) is 9.67 Å². The molecule has 2 heterocycles. The summed E-state index contributed by atoms with van der Waals surface area (Å²) < 4.78 is 9.58. The molecule has 0 bridgehead atoms.